The van der Waals surface area contributed by atoms with Gasteiger partial charge in [-0.25, -0.2) is 4.98 Å². The van der Waals surface area contributed by atoms with Gasteiger partial charge in [-0.05, 0) is 56.6 Å². The van der Waals surface area contributed by atoms with Crippen molar-refractivity contribution in [1.82, 2.24) is 19.9 Å². The Morgan fingerprint density at radius 2 is 1.81 bits per heavy atom. The zero-order valence-electron chi connectivity index (χ0n) is 18.9. The zero-order chi connectivity index (χ0) is 22.3. The Kier molecular flexibility index (Phi) is 5.50. The summed E-state index contributed by atoms with van der Waals surface area (Å²) in [5, 5.41) is 1.46. The fourth-order valence-electron chi connectivity index (χ4n) is 4.32. The number of hydrogen-bond acceptors (Lipinski definition) is 5. The molecule has 3 aromatic heterocycles. The molecule has 0 aliphatic rings. The number of rotatable bonds is 5. The third-order valence-corrected chi connectivity index (χ3v) is 5.81. The number of H-pyrrole nitrogens is 1. The summed E-state index contributed by atoms with van der Waals surface area (Å²) in [6, 6.07) is 10.4. The number of methoxy groups -OCH3 is 1. The highest BCUT2D eigenvalue weighted by atomic mass is 16.5. The summed E-state index contributed by atoms with van der Waals surface area (Å²) in [5.41, 5.74) is 5.89. The summed E-state index contributed by atoms with van der Waals surface area (Å²) < 4.78 is 5.69. The molecule has 6 heteroatoms. The van der Waals surface area contributed by atoms with E-state index < -0.39 is 0 Å². The first-order valence-corrected chi connectivity index (χ1v) is 10.4. The van der Waals surface area contributed by atoms with E-state index in [0.717, 1.165) is 28.6 Å². The molecule has 0 spiro atoms. The number of fused-ring (bicyclic) bond motifs is 3. The van der Waals surface area contributed by atoms with Gasteiger partial charge in [0.1, 0.15) is 0 Å². The molecular weight excluding hydrogens is 388 g/mol. The van der Waals surface area contributed by atoms with Crippen molar-refractivity contribution < 1.29 is 4.74 Å². The number of aromatic amines is 1. The summed E-state index contributed by atoms with van der Waals surface area (Å²) in [4.78, 5) is 27.3. The van der Waals surface area contributed by atoms with Crippen molar-refractivity contribution in [3.63, 3.8) is 0 Å². The Morgan fingerprint density at radius 1 is 1.10 bits per heavy atom. The van der Waals surface area contributed by atoms with Crippen molar-refractivity contribution >= 4 is 21.8 Å². The van der Waals surface area contributed by atoms with E-state index in [1.807, 2.05) is 19.9 Å². The molecule has 1 unspecified atom stereocenters. The van der Waals surface area contributed by atoms with Crippen molar-refractivity contribution in [1.29, 1.82) is 0 Å². The van der Waals surface area contributed by atoms with E-state index in [1.165, 1.54) is 5.56 Å². The molecule has 0 aliphatic carbocycles. The Bertz CT molecular complexity index is 1320. The van der Waals surface area contributed by atoms with E-state index in [1.54, 1.807) is 13.3 Å². The van der Waals surface area contributed by atoms with E-state index in [2.05, 4.69) is 65.1 Å². The maximum absolute atomic E-state index is 12.8. The molecule has 0 saturated heterocycles. The average molecular weight is 417 g/mol. The third kappa shape index (κ3) is 3.68. The van der Waals surface area contributed by atoms with Crippen LogP contribution in [0, 0.1) is 13.8 Å². The fraction of sp³-hybridized carbons (Fsp3) is 0.320. The number of nitrogens with one attached hydrogen (secondary N) is 1. The largest absolute Gasteiger partial charge is 0.481 e. The van der Waals surface area contributed by atoms with Gasteiger partial charge in [-0.3, -0.25) is 9.78 Å². The van der Waals surface area contributed by atoms with Crippen LogP contribution in [-0.2, 0) is 0 Å². The second-order valence-corrected chi connectivity index (χ2v) is 8.42. The van der Waals surface area contributed by atoms with E-state index in [0.29, 0.717) is 33.9 Å². The van der Waals surface area contributed by atoms with Gasteiger partial charge >= 0.3 is 0 Å². The minimum absolute atomic E-state index is 0.151. The monoisotopic (exact) mass is 416 g/mol. The molecule has 31 heavy (non-hydrogen) atoms. The number of aromatic nitrogens is 3. The van der Waals surface area contributed by atoms with Gasteiger partial charge in [0.2, 0.25) is 5.88 Å². The van der Waals surface area contributed by atoms with Gasteiger partial charge in [-0.1, -0.05) is 31.2 Å². The number of likely N-dealkylation sites (N-methyl/N-ethyl adjacent to an activating group) is 1. The van der Waals surface area contributed by atoms with Gasteiger partial charge in [-0.2, -0.15) is 0 Å². The average Bonchev–Trinajstić information content (AvgIpc) is 2.73. The lowest BCUT2D eigenvalue weighted by Crippen LogP contribution is -2.18. The number of ether oxygens (including phenoxy) is 1. The maximum atomic E-state index is 12.8. The molecule has 6 nitrogen and oxygen atoms in total. The minimum atomic E-state index is -0.151. The highest BCUT2D eigenvalue weighted by molar-refractivity contribution is 6.13. The van der Waals surface area contributed by atoms with Gasteiger partial charge in [0, 0.05) is 18.1 Å². The van der Waals surface area contributed by atoms with Crippen molar-refractivity contribution in [3.8, 4) is 17.0 Å². The second kappa shape index (κ2) is 8.12. The van der Waals surface area contributed by atoms with Crippen LogP contribution in [0.4, 0.5) is 0 Å². The zero-order valence-corrected chi connectivity index (χ0v) is 18.9. The summed E-state index contributed by atoms with van der Waals surface area (Å²) in [6.07, 6.45) is 1.74. The number of hydrogen-bond donors (Lipinski definition) is 1. The molecule has 4 rings (SSSR count). The van der Waals surface area contributed by atoms with Crippen LogP contribution >= 0.6 is 0 Å². The smallest absolute Gasteiger partial charge is 0.258 e. The molecule has 1 atom stereocenters. The van der Waals surface area contributed by atoms with Crippen LogP contribution < -0.4 is 10.3 Å². The Morgan fingerprint density at radius 3 is 2.45 bits per heavy atom. The van der Waals surface area contributed by atoms with Crippen LogP contribution in [0.15, 0.2) is 41.3 Å². The lowest BCUT2D eigenvalue weighted by atomic mass is 9.94. The maximum Gasteiger partial charge on any atom is 0.258 e. The van der Waals surface area contributed by atoms with Crippen molar-refractivity contribution in [2.24, 2.45) is 0 Å². The van der Waals surface area contributed by atoms with Gasteiger partial charge < -0.3 is 14.6 Å². The van der Waals surface area contributed by atoms with Crippen molar-refractivity contribution in [2.45, 2.75) is 26.7 Å². The molecule has 160 valence electrons. The first kappa shape index (κ1) is 21.0. The predicted octanol–water partition coefficient (Wildman–Crippen LogP) is 4.43. The van der Waals surface area contributed by atoms with Gasteiger partial charge in [0.15, 0.2) is 0 Å². The predicted molar refractivity (Wildman–Crippen MR) is 126 cm³/mol. The first-order chi connectivity index (χ1) is 14.8. The highest BCUT2D eigenvalue weighted by Crippen LogP contribution is 2.39. The molecule has 1 N–H and O–H groups in total. The molecule has 1 aromatic carbocycles. The Balaban J connectivity index is 2.02. The molecular formula is C25H28N4O2. The number of aryl methyl sites for hydroxylation is 2. The minimum Gasteiger partial charge on any atom is -0.481 e. The molecule has 0 aliphatic heterocycles. The SMILES string of the molecule is COc1nc(C)c2[nH]c(=O)c3c(C)ccnc3c2c1-c1ccc(C(C)CN(C)C)cc1. The standard InChI is InChI=1S/C25H28N4O2/c1-14-11-12-26-23-19(14)24(30)28-22-16(3)27-25(31-6)20(21(22)23)18-9-7-17(8-10-18)15(2)13-29(4)5/h7-12,15H,13H2,1-6H3,(H,28,30). The molecule has 0 amide bonds. The lowest BCUT2D eigenvalue weighted by molar-refractivity contribution is 0.383. The summed E-state index contributed by atoms with van der Waals surface area (Å²) in [7, 11) is 5.79. The van der Waals surface area contributed by atoms with Crippen LogP contribution in [0.1, 0.15) is 29.7 Å². The van der Waals surface area contributed by atoms with Gasteiger partial charge in [-0.15, -0.1) is 0 Å². The Labute approximate surface area is 181 Å². The van der Waals surface area contributed by atoms with E-state index >= 15 is 0 Å². The summed E-state index contributed by atoms with van der Waals surface area (Å²) >= 11 is 0. The van der Waals surface area contributed by atoms with Crippen LogP contribution in [0.25, 0.3) is 32.9 Å². The normalized spacial score (nSPS) is 12.6. The van der Waals surface area contributed by atoms with Crippen molar-refractivity contribution in [3.05, 3.63) is 63.7 Å². The number of nitrogens with zero attached hydrogens (tertiary/aromatic N) is 3. The fourth-order valence-corrected chi connectivity index (χ4v) is 4.32. The van der Waals surface area contributed by atoms with Crippen molar-refractivity contribution in [2.75, 3.05) is 27.7 Å². The van der Waals surface area contributed by atoms with Crippen LogP contribution in [-0.4, -0.2) is 47.6 Å². The van der Waals surface area contributed by atoms with Gasteiger partial charge in [0.05, 0.1) is 34.8 Å². The Hall–Kier alpha value is -3.25. The summed E-state index contributed by atoms with van der Waals surface area (Å²) in [5.74, 6) is 0.941. The number of benzene rings is 1. The van der Waals surface area contributed by atoms with Crippen LogP contribution in [0.3, 0.4) is 0 Å². The van der Waals surface area contributed by atoms with Crippen LogP contribution in [0.5, 0.6) is 5.88 Å². The molecule has 0 bridgehead atoms. The van der Waals surface area contributed by atoms with E-state index in [-0.39, 0.29) is 5.56 Å². The molecule has 0 radical (unpaired) electrons. The molecule has 0 fully saturated rings. The second-order valence-electron chi connectivity index (χ2n) is 8.42. The molecule has 0 saturated carbocycles. The molecule has 4 aromatic rings. The number of pyridine rings is 3. The highest BCUT2D eigenvalue weighted by Gasteiger charge is 2.20. The topological polar surface area (TPSA) is 71.1 Å². The summed E-state index contributed by atoms with van der Waals surface area (Å²) in [6.45, 7) is 7.01. The lowest BCUT2D eigenvalue weighted by Gasteiger charge is -2.18. The first-order valence-electron chi connectivity index (χ1n) is 10.4. The van der Waals surface area contributed by atoms with Gasteiger partial charge in [0.25, 0.3) is 5.56 Å². The van der Waals surface area contributed by atoms with E-state index in [4.69, 9.17) is 4.74 Å². The van der Waals surface area contributed by atoms with Crippen LogP contribution in [0.2, 0.25) is 0 Å². The quantitative estimate of drug-likeness (QED) is 0.488. The molecule has 3 heterocycles. The third-order valence-electron chi connectivity index (χ3n) is 5.81. The van der Waals surface area contributed by atoms with E-state index in [9.17, 15) is 4.79 Å².